The molecule has 0 aromatic heterocycles. The number of carboxylic acid groups (broad SMARTS) is 1. The first-order chi connectivity index (χ1) is 9.58. The third-order valence-electron chi connectivity index (χ3n) is 3.97. The maximum Gasteiger partial charge on any atom is 0.303 e. The van der Waals surface area contributed by atoms with Gasteiger partial charge in [0.1, 0.15) is 0 Å². The van der Waals surface area contributed by atoms with E-state index in [4.69, 9.17) is 26.2 Å². The molecule has 0 saturated heterocycles. The Kier molecular flexibility index (Phi) is 3.50. The first-order valence-electron chi connectivity index (χ1n) is 6.88. The van der Waals surface area contributed by atoms with E-state index in [0.29, 0.717) is 36.8 Å². The summed E-state index contributed by atoms with van der Waals surface area (Å²) in [6, 6.07) is 3.68. The zero-order chi connectivity index (χ0) is 14.2. The molecule has 2 aliphatic rings. The van der Waals surface area contributed by atoms with Gasteiger partial charge >= 0.3 is 5.97 Å². The summed E-state index contributed by atoms with van der Waals surface area (Å²) in [6.07, 6.45) is 3.65. The van der Waals surface area contributed by atoms with Gasteiger partial charge < -0.3 is 14.6 Å². The van der Waals surface area contributed by atoms with Crippen LogP contribution >= 0.6 is 11.6 Å². The summed E-state index contributed by atoms with van der Waals surface area (Å²) >= 11 is 6.23. The SMILES string of the molecule is O=C(O)CCCc1cc2c(cc1Cl)OCC1(CC1)CO2. The maximum absolute atomic E-state index is 10.6. The molecule has 1 saturated carbocycles. The van der Waals surface area contributed by atoms with E-state index in [9.17, 15) is 4.79 Å². The van der Waals surface area contributed by atoms with E-state index in [1.807, 2.05) is 6.07 Å². The zero-order valence-corrected chi connectivity index (χ0v) is 11.9. The summed E-state index contributed by atoms with van der Waals surface area (Å²) in [4.78, 5) is 10.6. The fourth-order valence-electron chi connectivity index (χ4n) is 2.39. The summed E-state index contributed by atoms with van der Waals surface area (Å²) in [5.41, 5.74) is 1.12. The van der Waals surface area contributed by atoms with E-state index >= 15 is 0 Å². The lowest BCUT2D eigenvalue weighted by Gasteiger charge is -2.11. The first-order valence-corrected chi connectivity index (χ1v) is 7.26. The molecule has 1 spiro atoms. The third kappa shape index (κ3) is 2.85. The lowest BCUT2D eigenvalue weighted by molar-refractivity contribution is -0.137. The van der Waals surface area contributed by atoms with Gasteiger partial charge in [0, 0.05) is 22.9 Å². The van der Waals surface area contributed by atoms with Crippen LogP contribution in [-0.2, 0) is 11.2 Å². The minimum absolute atomic E-state index is 0.147. The van der Waals surface area contributed by atoms with Crippen LogP contribution in [0.3, 0.4) is 0 Å². The summed E-state index contributed by atoms with van der Waals surface area (Å²) in [7, 11) is 0. The molecule has 1 aromatic carbocycles. The molecule has 20 heavy (non-hydrogen) atoms. The van der Waals surface area contributed by atoms with Crippen molar-refractivity contribution in [3.05, 3.63) is 22.7 Å². The number of aryl methyl sites for hydroxylation is 1. The fourth-order valence-corrected chi connectivity index (χ4v) is 2.64. The molecule has 1 aliphatic carbocycles. The quantitative estimate of drug-likeness (QED) is 0.926. The summed E-state index contributed by atoms with van der Waals surface area (Å²) in [6.45, 7) is 1.38. The van der Waals surface area contributed by atoms with Crippen molar-refractivity contribution in [3.63, 3.8) is 0 Å². The van der Waals surface area contributed by atoms with Crippen LogP contribution in [0.25, 0.3) is 0 Å². The Labute approximate surface area is 122 Å². The zero-order valence-electron chi connectivity index (χ0n) is 11.2. The molecule has 0 radical (unpaired) electrons. The van der Waals surface area contributed by atoms with Crippen LogP contribution in [0.15, 0.2) is 12.1 Å². The molecule has 5 heteroatoms. The van der Waals surface area contributed by atoms with Gasteiger partial charge in [-0.25, -0.2) is 0 Å². The van der Waals surface area contributed by atoms with Gasteiger partial charge in [-0.15, -0.1) is 0 Å². The summed E-state index contributed by atoms with van der Waals surface area (Å²) in [5, 5.41) is 9.29. The topological polar surface area (TPSA) is 55.8 Å². The smallest absolute Gasteiger partial charge is 0.303 e. The minimum atomic E-state index is -0.786. The predicted octanol–water partition coefficient (Wildman–Crippen LogP) is 3.30. The van der Waals surface area contributed by atoms with Crippen LogP contribution < -0.4 is 9.47 Å². The lowest BCUT2D eigenvalue weighted by atomic mass is 10.1. The first kappa shape index (κ1) is 13.6. The number of aliphatic carboxylic acids is 1. The number of hydrogen-bond donors (Lipinski definition) is 1. The standard InChI is InChI=1S/C15H17ClO4/c16-11-7-13-12(6-10(11)2-1-3-14(17)18)19-8-15(4-5-15)9-20-13/h6-7H,1-5,8-9H2,(H,17,18). The van der Waals surface area contributed by atoms with Gasteiger partial charge in [-0.05, 0) is 37.3 Å². The molecule has 1 fully saturated rings. The second kappa shape index (κ2) is 5.17. The Morgan fingerprint density at radius 1 is 1.25 bits per heavy atom. The van der Waals surface area contributed by atoms with Crippen molar-refractivity contribution >= 4 is 17.6 Å². The average molecular weight is 297 g/mol. The molecule has 0 unspecified atom stereocenters. The second-order valence-corrected chi connectivity index (χ2v) is 6.12. The number of carboxylic acids is 1. The average Bonchev–Trinajstić information content (AvgIpc) is 3.19. The van der Waals surface area contributed by atoms with Crippen LogP contribution in [-0.4, -0.2) is 24.3 Å². The van der Waals surface area contributed by atoms with E-state index in [2.05, 4.69) is 0 Å². The van der Waals surface area contributed by atoms with E-state index in [0.717, 1.165) is 24.2 Å². The molecule has 3 rings (SSSR count). The number of fused-ring (bicyclic) bond motifs is 1. The van der Waals surface area contributed by atoms with Gasteiger partial charge in [-0.1, -0.05) is 11.6 Å². The van der Waals surface area contributed by atoms with E-state index in [-0.39, 0.29) is 11.8 Å². The molecule has 0 atom stereocenters. The van der Waals surface area contributed by atoms with E-state index in [1.165, 1.54) is 0 Å². The Balaban J connectivity index is 1.73. The molecule has 0 amide bonds. The second-order valence-electron chi connectivity index (χ2n) is 5.71. The number of carbonyl (C=O) groups is 1. The molecule has 1 heterocycles. The van der Waals surface area contributed by atoms with Crippen molar-refractivity contribution in [2.75, 3.05) is 13.2 Å². The third-order valence-corrected chi connectivity index (χ3v) is 4.33. The van der Waals surface area contributed by atoms with Crippen molar-refractivity contribution in [1.82, 2.24) is 0 Å². The van der Waals surface area contributed by atoms with Crippen LogP contribution in [0.5, 0.6) is 11.5 Å². The number of halogens is 1. The van der Waals surface area contributed by atoms with Crippen LogP contribution in [0.2, 0.25) is 5.02 Å². The number of rotatable bonds is 4. The normalized spacial score (nSPS) is 18.6. The van der Waals surface area contributed by atoms with E-state index in [1.54, 1.807) is 6.07 Å². The molecule has 1 aromatic rings. The largest absolute Gasteiger partial charge is 0.489 e. The highest BCUT2D eigenvalue weighted by atomic mass is 35.5. The Hall–Kier alpha value is -1.42. The monoisotopic (exact) mass is 296 g/mol. The van der Waals surface area contributed by atoms with Gasteiger partial charge in [-0.2, -0.15) is 0 Å². The number of hydrogen-bond acceptors (Lipinski definition) is 3. The molecule has 0 bridgehead atoms. The Morgan fingerprint density at radius 3 is 2.50 bits per heavy atom. The van der Waals surface area contributed by atoms with Gasteiger partial charge in [0.25, 0.3) is 0 Å². The predicted molar refractivity (Wildman–Crippen MR) is 74.7 cm³/mol. The highest BCUT2D eigenvalue weighted by Crippen LogP contribution is 2.49. The highest BCUT2D eigenvalue weighted by molar-refractivity contribution is 6.31. The van der Waals surface area contributed by atoms with Gasteiger partial charge in [-0.3, -0.25) is 4.79 Å². The van der Waals surface area contributed by atoms with Crippen molar-refractivity contribution < 1.29 is 19.4 Å². The van der Waals surface area contributed by atoms with Crippen LogP contribution in [0, 0.1) is 5.41 Å². The van der Waals surface area contributed by atoms with Crippen molar-refractivity contribution in [3.8, 4) is 11.5 Å². The van der Waals surface area contributed by atoms with Gasteiger partial charge in [0.15, 0.2) is 11.5 Å². The molecule has 1 aliphatic heterocycles. The van der Waals surface area contributed by atoms with Crippen molar-refractivity contribution in [1.29, 1.82) is 0 Å². The summed E-state index contributed by atoms with van der Waals surface area (Å²) in [5.74, 6) is 0.635. The minimum Gasteiger partial charge on any atom is -0.489 e. The molecular weight excluding hydrogens is 280 g/mol. The van der Waals surface area contributed by atoms with E-state index < -0.39 is 5.97 Å². The maximum atomic E-state index is 10.6. The molecule has 1 N–H and O–H groups in total. The highest BCUT2D eigenvalue weighted by Gasteiger charge is 2.46. The Morgan fingerprint density at radius 2 is 1.90 bits per heavy atom. The number of benzene rings is 1. The van der Waals surface area contributed by atoms with Crippen LogP contribution in [0.1, 0.15) is 31.2 Å². The number of ether oxygens (including phenoxy) is 2. The fraction of sp³-hybridized carbons (Fsp3) is 0.533. The Bertz CT molecular complexity index is 537. The van der Waals surface area contributed by atoms with Crippen LogP contribution in [0.4, 0.5) is 0 Å². The van der Waals surface area contributed by atoms with Gasteiger partial charge in [0.2, 0.25) is 0 Å². The van der Waals surface area contributed by atoms with Crippen molar-refractivity contribution in [2.45, 2.75) is 32.1 Å². The lowest BCUT2D eigenvalue weighted by Crippen LogP contribution is -2.17. The molecule has 108 valence electrons. The van der Waals surface area contributed by atoms with Gasteiger partial charge in [0.05, 0.1) is 13.2 Å². The molecular formula is C15H17ClO4. The van der Waals surface area contributed by atoms with Crippen molar-refractivity contribution in [2.24, 2.45) is 5.41 Å². The summed E-state index contributed by atoms with van der Waals surface area (Å²) < 4.78 is 11.7. The molecule has 4 nitrogen and oxygen atoms in total.